The van der Waals surface area contributed by atoms with Crippen LogP contribution in [0.15, 0.2) is 28.7 Å². The van der Waals surface area contributed by atoms with E-state index in [0.29, 0.717) is 11.8 Å². The highest BCUT2D eigenvalue weighted by molar-refractivity contribution is 5.53. The molecule has 0 aliphatic heterocycles. The largest absolute Gasteiger partial charge is 0.419 e. The van der Waals surface area contributed by atoms with Crippen LogP contribution in [0.3, 0.4) is 0 Å². The van der Waals surface area contributed by atoms with Crippen LogP contribution in [-0.4, -0.2) is 17.2 Å². The molecule has 0 saturated heterocycles. The summed E-state index contributed by atoms with van der Waals surface area (Å²) in [5.74, 6) is 1.22. The third-order valence-corrected chi connectivity index (χ3v) is 3.49. The molecule has 1 N–H and O–H groups in total. The van der Waals surface area contributed by atoms with Crippen LogP contribution in [0, 0.1) is 0 Å². The molecule has 4 heteroatoms. The van der Waals surface area contributed by atoms with Crippen molar-refractivity contribution < 1.29 is 4.42 Å². The van der Waals surface area contributed by atoms with Gasteiger partial charge in [0.05, 0.1) is 6.04 Å². The van der Waals surface area contributed by atoms with E-state index in [2.05, 4.69) is 55.3 Å². The van der Waals surface area contributed by atoms with E-state index in [1.54, 1.807) is 0 Å². The number of nitrogens with one attached hydrogen (secondary N) is 1. The first kappa shape index (κ1) is 14.7. The lowest BCUT2D eigenvalue weighted by atomic mass is 9.87. The second-order valence-electron chi connectivity index (χ2n) is 6.02. The fourth-order valence-corrected chi connectivity index (χ4v) is 2.11. The minimum atomic E-state index is 0.116. The van der Waals surface area contributed by atoms with E-state index in [4.69, 9.17) is 4.42 Å². The van der Waals surface area contributed by atoms with Gasteiger partial charge in [0.1, 0.15) is 0 Å². The van der Waals surface area contributed by atoms with Crippen LogP contribution in [0.1, 0.15) is 51.6 Å². The maximum atomic E-state index is 5.75. The zero-order valence-corrected chi connectivity index (χ0v) is 12.9. The summed E-state index contributed by atoms with van der Waals surface area (Å²) in [6, 6.07) is 8.43. The molecule has 1 aromatic carbocycles. The number of hydrogen-bond donors (Lipinski definition) is 1. The Morgan fingerprint density at radius 2 is 1.80 bits per heavy atom. The average molecular weight is 273 g/mol. The Morgan fingerprint density at radius 1 is 1.15 bits per heavy atom. The van der Waals surface area contributed by atoms with Crippen LogP contribution in [0.25, 0.3) is 11.5 Å². The fraction of sp³-hybridized carbons (Fsp3) is 0.500. The topological polar surface area (TPSA) is 51.0 Å². The molecule has 1 unspecified atom stereocenters. The van der Waals surface area contributed by atoms with Crippen LogP contribution < -0.4 is 5.32 Å². The molecule has 0 radical (unpaired) electrons. The minimum Gasteiger partial charge on any atom is -0.419 e. The molecule has 1 atom stereocenters. The molecule has 20 heavy (non-hydrogen) atoms. The van der Waals surface area contributed by atoms with E-state index < -0.39 is 0 Å². The third-order valence-electron chi connectivity index (χ3n) is 3.49. The quantitative estimate of drug-likeness (QED) is 0.922. The van der Waals surface area contributed by atoms with Crippen molar-refractivity contribution in [2.24, 2.45) is 0 Å². The van der Waals surface area contributed by atoms with Gasteiger partial charge in [0.2, 0.25) is 11.8 Å². The summed E-state index contributed by atoms with van der Waals surface area (Å²) in [5.41, 5.74) is 2.41. The summed E-state index contributed by atoms with van der Waals surface area (Å²) in [6.07, 6.45) is 0.918. The maximum Gasteiger partial charge on any atom is 0.247 e. The van der Waals surface area contributed by atoms with E-state index in [0.717, 1.165) is 12.0 Å². The second kappa shape index (κ2) is 5.75. The van der Waals surface area contributed by atoms with Gasteiger partial charge < -0.3 is 9.73 Å². The number of rotatable bonds is 4. The van der Waals surface area contributed by atoms with Gasteiger partial charge >= 0.3 is 0 Å². The molecular formula is C16H23N3O. The van der Waals surface area contributed by atoms with Gasteiger partial charge in [-0.2, -0.15) is 0 Å². The van der Waals surface area contributed by atoms with Crippen molar-refractivity contribution in [3.8, 4) is 11.5 Å². The number of benzene rings is 1. The van der Waals surface area contributed by atoms with Gasteiger partial charge in [0, 0.05) is 5.56 Å². The lowest BCUT2D eigenvalue weighted by Crippen LogP contribution is -2.15. The summed E-state index contributed by atoms with van der Waals surface area (Å²) in [5, 5.41) is 11.4. The summed E-state index contributed by atoms with van der Waals surface area (Å²) < 4.78 is 5.75. The highest BCUT2D eigenvalue weighted by Crippen LogP contribution is 2.26. The van der Waals surface area contributed by atoms with Gasteiger partial charge in [-0.05, 0) is 36.6 Å². The Kier molecular flexibility index (Phi) is 4.23. The molecular weight excluding hydrogens is 250 g/mol. The van der Waals surface area contributed by atoms with Gasteiger partial charge in [-0.1, -0.05) is 39.8 Å². The monoisotopic (exact) mass is 273 g/mol. The number of aromatic nitrogens is 2. The van der Waals surface area contributed by atoms with E-state index in [9.17, 15) is 0 Å². The Hall–Kier alpha value is -1.68. The fourth-order valence-electron chi connectivity index (χ4n) is 2.11. The van der Waals surface area contributed by atoms with Gasteiger partial charge in [-0.25, -0.2) is 0 Å². The SMILES string of the molecule is CCC(NC)c1nnc(-c2ccc(C(C)(C)C)cc2)o1. The first-order valence-electron chi connectivity index (χ1n) is 7.07. The lowest BCUT2D eigenvalue weighted by Gasteiger charge is -2.18. The molecule has 0 spiro atoms. The molecule has 1 aromatic heterocycles. The molecule has 1 heterocycles. The first-order chi connectivity index (χ1) is 9.45. The number of hydrogen-bond acceptors (Lipinski definition) is 4. The van der Waals surface area contributed by atoms with Crippen LogP contribution >= 0.6 is 0 Å². The Bertz CT molecular complexity index is 548. The molecule has 0 fully saturated rings. The molecule has 0 amide bonds. The maximum absolute atomic E-state index is 5.75. The first-order valence-corrected chi connectivity index (χ1v) is 7.07. The molecule has 108 valence electrons. The molecule has 4 nitrogen and oxygen atoms in total. The summed E-state index contributed by atoms with van der Waals surface area (Å²) >= 11 is 0. The van der Waals surface area contributed by atoms with Crippen molar-refractivity contribution in [1.29, 1.82) is 0 Å². The van der Waals surface area contributed by atoms with Crippen LogP contribution in [-0.2, 0) is 5.41 Å². The average Bonchev–Trinajstić information content (AvgIpc) is 2.89. The summed E-state index contributed by atoms with van der Waals surface area (Å²) in [4.78, 5) is 0. The van der Waals surface area contributed by atoms with Crippen molar-refractivity contribution in [2.75, 3.05) is 7.05 Å². The van der Waals surface area contributed by atoms with Crippen LogP contribution in [0.2, 0.25) is 0 Å². The third kappa shape index (κ3) is 3.07. The standard InChI is InChI=1S/C16H23N3O/c1-6-13(17-5)15-19-18-14(20-15)11-7-9-12(10-8-11)16(2,3)4/h7-10,13,17H,6H2,1-5H3. The van der Waals surface area contributed by atoms with Crippen molar-refractivity contribution >= 4 is 0 Å². The van der Waals surface area contributed by atoms with Gasteiger partial charge in [-0.3, -0.25) is 0 Å². The zero-order valence-electron chi connectivity index (χ0n) is 12.9. The van der Waals surface area contributed by atoms with Crippen molar-refractivity contribution in [2.45, 2.75) is 45.6 Å². The lowest BCUT2D eigenvalue weighted by molar-refractivity contribution is 0.415. The zero-order chi connectivity index (χ0) is 14.8. The normalized spacial score (nSPS) is 13.4. The van der Waals surface area contributed by atoms with Gasteiger partial charge in [-0.15, -0.1) is 10.2 Å². The van der Waals surface area contributed by atoms with Gasteiger partial charge in [0.15, 0.2) is 0 Å². The van der Waals surface area contributed by atoms with E-state index >= 15 is 0 Å². The van der Waals surface area contributed by atoms with E-state index in [1.165, 1.54) is 5.56 Å². The van der Waals surface area contributed by atoms with E-state index in [1.807, 2.05) is 19.2 Å². The highest BCUT2D eigenvalue weighted by Gasteiger charge is 2.17. The molecule has 0 saturated carbocycles. The summed E-state index contributed by atoms with van der Waals surface area (Å²) in [7, 11) is 1.90. The van der Waals surface area contributed by atoms with Crippen LogP contribution in [0.4, 0.5) is 0 Å². The predicted octanol–water partition coefficient (Wildman–Crippen LogP) is 3.70. The Labute approximate surface area is 120 Å². The molecule has 0 aliphatic carbocycles. The van der Waals surface area contributed by atoms with Gasteiger partial charge in [0.25, 0.3) is 0 Å². The summed E-state index contributed by atoms with van der Waals surface area (Å²) in [6.45, 7) is 8.69. The van der Waals surface area contributed by atoms with Crippen molar-refractivity contribution in [1.82, 2.24) is 15.5 Å². The number of nitrogens with zero attached hydrogens (tertiary/aromatic N) is 2. The molecule has 0 aliphatic rings. The molecule has 2 aromatic rings. The second-order valence-corrected chi connectivity index (χ2v) is 6.02. The Morgan fingerprint density at radius 3 is 2.30 bits per heavy atom. The van der Waals surface area contributed by atoms with Crippen LogP contribution in [0.5, 0.6) is 0 Å². The van der Waals surface area contributed by atoms with Crippen molar-refractivity contribution in [3.05, 3.63) is 35.7 Å². The molecule has 0 bridgehead atoms. The Balaban J connectivity index is 2.24. The minimum absolute atomic E-state index is 0.116. The highest BCUT2D eigenvalue weighted by atomic mass is 16.4. The smallest absolute Gasteiger partial charge is 0.247 e. The van der Waals surface area contributed by atoms with Crippen molar-refractivity contribution in [3.63, 3.8) is 0 Å². The predicted molar refractivity (Wildman–Crippen MR) is 80.5 cm³/mol. The molecule has 2 rings (SSSR count). The van der Waals surface area contributed by atoms with E-state index in [-0.39, 0.29) is 11.5 Å².